The van der Waals surface area contributed by atoms with Crippen LogP contribution in [-0.4, -0.2) is 114 Å². The van der Waals surface area contributed by atoms with Crippen molar-refractivity contribution < 1.29 is 42.5 Å². The number of hydrogen-bond donors (Lipinski definition) is 4. The van der Waals surface area contributed by atoms with Crippen LogP contribution in [-0.2, 0) is 23.8 Å². The van der Waals surface area contributed by atoms with Gasteiger partial charge in [0.2, 0.25) is 18.0 Å². The van der Waals surface area contributed by atoms with Crippen LogP contribution >= 0.6 is 11.3 Å². The maximum atomic E-state index is 17.1. The van der Waals surface area contributed by atoms with Crippen LogP contribution in [0.2, 0.25) is 0 Å². The first-order chi connectivity index (χ1) is 36.7. The summed E-state index contributed by atoms with van der Waals surface area (Å²) >= 11 is 1.65. The Kier molecular flexibility index (Phi) is 12.9. The summed E-state index contributed by atoms with van der Waals surface area (Å²) in [6.07, 6.45) is 12.4. The number of alkyl carbamates (subject to hydrolysis) is 2. The number of ether oxygens (including phenoxy) is 4. The maximum absolute atomic E-state index is 17.1. The second-order valence-electron chi connectivity index (χ2n) is 22.5. The molecular weight excluding hydrogens is 992 g/mol. The van der Waals surface area contributed by atoms with E-state index in [1.807, 2.05) is 69.3 Å². The van der Waals surface area contributed by atoms with E-state index in [2.05, 4.69) is 31.2 Å². The van der Waals surface area contributed by atoms with Gasteiger partial charge in [-0.05, 0) is 113 Å². The molecule has 76 heavy (non-hydrogen) atoms. The van der Waals surface area contributed by atoms with Crippen molar-refractivity contribution in [3.05, 3.63) is 82.3 Å². The van der Waals surface area contributed by atoms with Gasteiger partial charge in [0.25, 0.3) is 0 Å². The van der Waals surface area contributed by atoms with Crippen molar-refractivity contribution in [1.82, 2.24) is 49.9 Å². The molecule has 2 aliphatic carbocycles. The Morgan fingerprint density at radius 3 is 2.32 bits per heavy atom. The second-order valence-corrected chi connectivity index (χ2v) is 23.6. The van der Waals surface area contributed by atoms with Gasteiger partial charge in [0.15, 0.2) is 0 Å². The van der Waals surface area contributed by atoms with Gasteiger partial charge in [-0.25, -0.2) is 28.9 Å². The lowest BCUT2D eigenvalue weighted by molar-refractivity contribution is -0.140. The fourth-order valence-electron chi connectivity index (χ4n) is 12.9. The van der Waals surface area contributed by atoms with Crippen molar-refractivity contribution in [3.8, 4) is 39.5 Å². The molecule has 4 aliphatic heterocycles. The lowest BCUT2D eigenvalue weighted by Gasteiger charge is -2.40. The molecular formula is C56H65FN10O8S. The van der Waals surface area contributed by atoms with E-state index in [0.717, 1.165) is 64.1 Å². The predicted octanol–water partition coefficient (Wildman–Crippen LogP) is 9.92. The quantitative estimate of drug-likeness (QED) is 0.0906. The van der Waals surface area contributed by atoms with Crippen LogP contribution in [0.1, 0.15) is 138 Å². The number of carbonyl (C=O) groups is 4. The molecule has 3 saturated heterocycles. The van der Waals surface area contributed by atoms with Gasteiger partial charge in [0.05, 0.1) is 82.3 Å². The number of benzene rings is 2. The number of halogens is 1. The number of amides is 4. The van der Waals surface area contributed by atoms with E-state index in [-0.39, 0.29) is 41.8 Å². The smallest absolute Gasteiger partial charge is 0.407 e. The Morgan fingerprint density at radius 1 is 0.842 bits per heavy atom. The molecule has 0 bridgehead atoms. The van der Waals surface area contributed by atoms with Crippen LogP contribution in [0.3, 0.4) is 0 Å². The molecule has 4 aromatic heterocycles. The molecule has 18 nitrogen and oxygen atoms in total. The van der Waals surface area contributed by atoms with E-state index in [0.29, 0.717) is 84.2 Å². The lowest BCUT2D eigenvalue weighted by Crippen LogP contribution is -2.55. The van der Waals surface area contributed by atoms with Crippen LogP contribution in [0.5, 0.6) is 5.75 Å². The topological polar surface area (TPSA) is 211 Å². The third-order valence-corrected chi connectivity index (χ3v) is 18.0. The summed E-state index contributed by atoms with van der Waals surface area (Å²) in [5.74, 6) is 1.29. The van der Waals surface area contributed by atoms with E-state index in [1.165, 1.54) is 33.1 Å². The summed E-state index contributed by atoms with van der Waals surface area (Å²) < 4.78 is 42.0. The number of methoxy groups -OCH3 is 2. The molecule has 0 radical (unpaired) electrons. The molecule has 8 heterocycles. The monoisotopic (exact) mass is 1060 g/mol. The van der Waals surface area contributed by atoms with Crippen LogP contribution in [0, 0.1) is 23.6 Å². The SMILES string of the molecule is COC(=O)NC(C(=O)N1[C@@H]2C[C@@H]2C[C@H]1c1ncc(-c2ccc3c(c2)cc2n3C(c3cnc(C4CCCC4)s3)Oc3cc(-c4cnc([C@@H]5CCCN5C(=O)[C@@H](NC(=O)OC)C(C)C)[nH]4)cc(F)c3-2)[nH]1)C1CCOC(C)(C)C1. The molecule has 4 amide bonds. The van der Waals surface area contributed by atoms with Crippen molar-refractivity contribution in [3.63, 3.8) is 0 Å². The summed E-state index contributed by atoms with van der Waals surface area (Å²) in [6, 6.07) is 9.38. The number of imidazole rings is 2. The molecule has 3 unspecified atom stereocenters. The van der Waals surface area contributed by atoms with Crippen molar-refractivity contribution in [2.24, 2.45) is 17.8 Å². The molecule has 5 fully saturated rings. The first-order valence-electron chi connectivity index (χ1n) is 26.8. The number of nitrogens with zero attached hydrogens (tertiary/aromatic N) is 6. The number of carbonyl (C=O) groups excluding carboxylic acids is 4. The minimum absolute atomic E-state index is 0.0751. The van der Waals surface area contributed by atoms with Crippen LogP contribution in [0.4, 0.5) is 14.0 Å². The number of thiazole rings is 1. The molecule has 400 valence electrons. The third kappa shape index (κ3) is 9.07. The van der Waals surface area contributed by atoms with Crippen molar-refractivity contribution in [2.75, 3.05) is 27.4 Å². The normalized spacial score (nSPS) is 24.4. The molecule has 0 spiro atoms. The van der Waals surface area contributed by atoms with E-state index >= 15 is 4.39 Å². The van der Waals surface area contributed by atoms with E-state index in [4.69, 9.17) is 33.9 Å². The molecule has 6 aliphatic rings. The van der Waals surface area contributed by atoms with Gasteiger partial charge in [-0.1, -0.05) is 32.8 Å². The van der Waals surface area contributed by atoms with Gasteiger partial charge in [-0.2, -0.15) is 0 Å². The molecule has 20 heteroatoms. The van der Waals surface area contributed by atoms with Crippen LogP contribution in [0.25, 0.3) is 44.7 Å². The molecule has 4 N–H and O–H groups in total. The van der Waals surface area contributed by atoms with Gasteiger partial charge < -0.3 is 49.3 Å². The Morgan fingerprint density at radius 2 is 1.58 bits per heavy atom. The molecule has 8 atom stereocenters. The van der Waals surface area contributed by atoms with E-state index in [9.17, 15) is 19.2 Å². The fourth-order valence-corrected chi connectivity index (χ4v) is 14.0. The molecule has 6 aromatic rings. The Labute approximate surface area is 443 Å². The molecule has 2 saturated carbocycles. The Bertz CT molecular complexity index is 3230. The lowest BCUT2D eigenvalue weighted by atomic mass is 9.82. The first kappa shape index (κ1) is 50.0. The largest absolute Gasteiger partial charge is 0.464 e. The minimum atomic E-state index is -0.776. The van der Waals surface area contributed by atoms with Crippen molar-refractivity contribution in [2.45, 2.75) is 140 Å². The predicted molar refractivity (Wildman–Crippen MR) is 281 cm³/mol. The Hall–Kier alpha value is -6.80. The number of aromatic amines is 2. The van der Waals surface area contributed by atoms with Crippen molar-refractivity contribution in [1.29, 1.82) is 0 Å². The maximum Gasteiger partial charge on any atom is 0.407 e. The zero-order valence-electron chi connectivity index (χ0n) is 43.7. The van der Waals surface area contributed by atoms with Gasteiger partial charge in [-0.3, -0.25) is 14.2 Å². The summed E-state index contributed by atoms with van der Waals surface area (Å²) in [6.45, 7) is 8.78. The van der Waals surface area contributed by atoms with Gasteiger partial charge in [0.1, 0.15) is 35.3 Å². The first-order valence-corrected chi connectivity index (χ1v) is 27.7. The minimum Gasteiger partial charge on any atom is -0.464 e. The van der Waals surface area contributed by atoms with Crippen LogP contribution in [0.15, 0.2) is 55.0 Å². The summed E-state index contributed by atoms with van der Waals surface area (Å²) in [5, 5.41) is 7.56. The third-order valence-electron chi connectivity index (χ3n) is 16.8. The van der Waals surface area contributed by atoms with E-state index in [1.54, 1.807) is 22.4 Å². The average Bonchev–Trinajstić information content (AvgIpc) is 4.25. The standard InChI is InChI=1S/C56H65FN10O8S/c1-28(2)46(63-54(70)72-5)51(68)65-16-9-12-39(65)48-58-26-37(62-48)32-19-35(57)45-41-21-33-18-30(13-14-38(33)67(41)53(75-43(45)23-32)44-27-60-50(76-44)29-10-7-8-11-29)36-25-59-49(61-36)42-22-34-20-40(34)66(42)52(69)47(64-55(71)73-6)31-15-17-74-56(3,4)24-31/h13-14,18-19,21,23,25-29,31,34,39-40,42,46-47,53H,7-12,15-17,20,22,24H2,1-6H3,(H,58,62)(H,59,61)(H,63,70)(H,64,71)/t31?,34-,39+,40-,42+,46+,47?,53?/m1/s1. The highest BCUT2D eigenvalue weighted by Crippen LogP contribution is 2.54. The number of nitrogens with one attached hydrogen (secondary N) is 4. The summed E-state index contributed by atoms with van der Waals surface area (Å²) in [7, 11) is 2.58. The zero-order valence-corrected chi connectivity index (χ0v) is 44.5. The Balaban J connectivity index is 0.857. The van der Waals surface area contributed by atoms with Gasteiger partial charge in [0, 0.05) is 47.8 Å². The summed E-state index contributed by atoms with van der Waals surface area (Å²) in [5.41, 5.74) is 4.19. The second kappa shape index (κ2) is 19.6. The van der Waals surface area contributed by atoms with E-state index < -0.39 is 41.9 Å². The number of rotatable bonds is 12. The number of likely N-dealkylation sites (tertiary alicyclic amines) is 2. The number of H-pyrrole nitrogens is 2. The van der Waals surface area contributed by atoms with Crippen molar-refractivity contribution >= 4 is 46.2 Å². The summed E-state index contributed by atoms with van der Waals surface area (Å²) in [4.78, 5) is 79.6. The highest BCUT2D eigenvalue weighted by Gasteiger charge is 2.57. The number of aromatic nitrogens is 6. The fraction of sp³-hybridized carbons (Fsp3) is 0.518. The highest BCUT2D eigenvalue weighted by molar-refractivity contribution is 7.11. The molecule has 2 aromatic carbocycles. The average molecular weight is 1060 g/mol. The van der Waals surface area contributed by atoms with Gasteiger partial charge in [-0.15, -0.1) is 11.3 Å². The number of hydrogen-bond acceptors (Lipinski definition) is 12. The molecule has 12 rings (SSSR count). The highest BCUT2D eigenvalue weighted by atomic mass is 32.1. The number of piperidine rings is 1. The zero-order chi connectivity index (χ0) is 52.7. The van der Waals surface area contributed by atoms with Crippen LogP contribution < -0.4 is 15.4 Å². The van der Waals surface area contributed by atoms with Gasteiger partial charge >= 0.3 is 12.2 Å². The number of fused-ring (bicyclic) bond motifs is 6.